The van der Waals surface area contributed by atoms with Gasteiger partial charge in [0.25, 0.3) is 0 Å². The first-order valence-corrected chi connectivity index (χ1v) is 11.6. The molecule has 170 valence electrons. The van der Waals surface area contributed by atoms with Gasteiger partial charge in [-0.15, -0.1) is 0 Å². The minimum Gasteiger partial charge on any atom is -0.357 e. The number of hydrogen-bond acceptors (Lipinski definition) is 3. The van der Waals surface area contributed by atoms with Crippen LogP contribution in [0.3, 0.4) is 0 Å². The normalized spacial score (nSPS) is 17.2. The van der Waals surface area contributed by atoms with E-state index in [1.54, 1.807) is 0 Å². The van der Waals surface area contributed by atoms with E-state index in [1.807, 2.05) is 6.92 Å². The summed E-state index contributed by atoms with van der Waals surface area (Å²) in [6.07, 6.45) is 1.36. The lowest BCUT2D eigenvalue weighted by Gasteiger charge is -2.32. The highest BCUT2D eigenvalue weighted by molar-refractivity contribution is 7.90. The minimum absolute atomic E-state index is 0.134. The fraction of sp³-hybridized carbons (Fsp3) is 0.650. The fourth-order valence-electron chi connectivity index (χ4n) is 3.78. The number of hydrogen-bond donors (Lipinski definition) is 2. The number of guanidine groups is 1. The third-order valence-corrected chi connectivity index (χ3v) is 6.87. The molecule has 0 aliphatic carbocycles. The van der Waals surface area contributed by atoms with Crippen molar-refractivity contribution in [1.29, 1.82) is 0 Å². The second-order valence-electron chi connectivity index (χ2n) is 7.66. The summed E-state index contributed by atoms with van der Waals surface area (Å²) in [5.41, 5.74) is -0.287. The van der Waals surface area contributed by atoms with E-state index in [0.29, 0.717) is 23.4 Å². The first kappa shape index (κ1) is 24.5. The van der Waals surface area contributed by atoms with Crippen LogP contribution in [0, 0.1) is 20.8 Å². The zero-order valence-electron chi connectivity index (χ0n) is 17.9. The maximum absolute atomic E-state index is 12.7. The molecular formula is C20H31F3N4O2S. The highest BCUT2D eigenvalue weighted by Gasteiger charge is 2.50. The number of rotatable bonds is 6. The van der Waals surface area contributed by atoms with Crippen LogP contribution in [0.2, 0.25) is 0 Å². The molecule has 0 unspecified atom stereocenters. The number of benzene rings is 1. The van der Waals surface area contributed by atoms with Crippen molar-refractivity contribution in [1.82, 2.24) is 14.9 Å². The average Bonchev–Trinajstić information content (AvgIpc) is 2.63. The second-order valence-corrected chi connectivity index (χ2v) is 9.59. The SMILES string of the molecule is CCNC(=NCCc1c(C)cc(C)cc1C)NC1CCN(S(=O)(=O)C(F)(F)F)CC1. The Morgan fingerprint density at radius 3 is 2.23 bits per heavy atom. The van der Waals surface area contributed by atoms with E-state index < -0.39 is 15.5 Å². The molecule has 0 saturated carbocycles. The van der Waals surface area contributed by atoms with Crippen molar-refractivity contribution in [3.05, 3.63) is 34.4 Å². The lowest BCUT2D eigenvalue weighted by atomic mass is 9.97. The predicted octanol–water partition coefficient (Wildman–Crippen LogP) is 3.02. The van der Waals surface area contributed by atoms with Crippen LogP contribution in [0.4, 0.5) is 13.2 Å². The molecule has 0 bridgehead atoms. The molecule has 1 heterocycles. The lowest BCUT2D eigenvalue weighted by Crippen LogP contribution is -2.51. The monoisotopic (exact) mass is 448 g/mol. The van der Waals surface area contributed by atoms with Gasteiger partial charge in [0.1, 0.15) is 0 Å². The molecule has 0 spiro atoms. The van der Waals surface area contributed by atoms with Crippen molar-refractivity contribution in [3.8, 4) is 0 Å². The van der Waals surface area contributed by atoms with Crippen molar-refractivity contribution >= 4 is 16.0 Å². The highest BCUT2D eigenvalue weighted by Crippen LogP contribution is 2.29. The van der Waals surface area contributed by atoms with E-state index in [4.69, 9.17) is 0 Å². The summed E-state index contributed by atoms with van der Waals surface area (Å²) in [6.45, 7) is 9.07. The largest absolute Gasteiger partial charge is 0.511 e. The Hall–Kier alpha value is -1.81. The van der Waals surface area contributed by atoms with Crippen LogP contribution in [0.1, 0.15) is 42.0 Å². The number of halogens is 3. The Balaban J connectivity index is 1.95. The molecule has 2 rings (SSSR count). The molecule has 1 fully saturated rings. The summed E-state index contributed by atoms with van der Waals surface area (Å²) in [7, 11) is -5.26. The van der Waals surface area contributed by atoms with Gasteiger partial charge in [-0.3, -0.25) is 4.99 Å². The Bertz CT molecular complexity index is 838. The zero-order chi connectivity index (χ0) is 22.5. The van der Waals surface area contributed by atoms with E-state index in [9.17, 15) is 21.6 Å². The molecule has 0 amide bonds. The lowest BCUT2D eigenvalue weighted by molar-refractivity contribution is -0.0494. The summed E-state index contributed by atoms with van der Waals surface area (Å²) < 4.78 is 61.7. The van der Waals surface area contributed by atoms with E-state index in [0.717, 1.165) is 6.42 Å². The molecule has 1 aliphatic rings. The van der Waals surface area contributed by atoms with E-state index >= 15 is 0 Å². The Labute approximate surface area is 177 Å². The van der Waals surface area contributed by atoms with Crippen LogP contribution in [0.25, 0.3) is 0 Å². The van der Waals surface area contributed by atoms with Crippen LogP contribution in [-0.4, -0.2) is 56.4 Å². The number of piperidine rings is 1. The molecule has 1 aromatic rings. The topological polar surface area (TPSA) is 73.8 Å². The fourth-order valence-corrected chi connectivity index (χ4v) is 4.77. The van der Waals surface area contributed by atoms with Gasteiger partial charge in [0, 0.05) is 32.2 Å². The van der Waals surface area contributed by atoms with Gasteiger partial charge in [0.2, 0.25) is 0 Å². The van der Waals surface area contributed by atoms with Crippen LogP contribution >= 0.6 is 0 Å². The molecule has 0 atom stereocenters. The molecule has 0 radical (unpaired) electrons. The molecule has 10 heteroatoms. The molecule has 0 aromatic heterocycles. The van der Waals surface area contributed by atoms with Crippen molar-refractivity contribution in [2.75, 3.05) is 26.2 Å². The molecule has 1 saturated heterocycles. The second kappa shape index (κ2) is 10.00. The molecule has 1 aromatic carbocycles. The summed E-state index contributed by atoms with van der Waals surface area (Å²) in [6, 6.07) is 4.17. The quantitative estimate of drug-likeness (QED) is 0.518. The van der Waals surface area contributed by atoms with Gasteiger partial charge in [-0.25, -0.2) is 8.42 Å². The number of aryl methyl sites for hydroxylation is 3. The number of nitrogens with zero attached hydrogens (tertiary/aromatic N) is 2. The zero-order valence-corrected chi connectivity index (χ0v) is 18.8. The van der Waals surface area contributed by atoms with Crippen molar-refractivity contribution in [2.45, 2.75) is 58.5 Å². The number of nitrogens with one attached hydrogen (secondary N) is 2. The van der Waals surface area contributed by atoms with Gasteiger partial charge in [-0.2, -0.15) is 17.5 Å². The van der Waals surface area contributed by atoms with Gasteiger partial charge in [0.05, 0.1) is 0 Å². The highest BCUT2D eigenvalue weighted by atomic mass is 32.2. The van der Waals surface area contributed by atoms with Gasteiger partial charge >= 0.3 is 15.5 Å². The van der Waals surface area contributed by atoms with Crippen LogP contribution < -0.4 is 10.6 Å². The first-order valence-electron chi connectivity index (χ1n) is 10.1. The van der Waals surface area contributed by atoms with Gasteiger partial charge < -0.3 is 10.6 Å². The van der Waals surface area contributed by atoms with Crippen molar-refractivity contribution in [3.63, 3.8) is 0 Å². The summed E-state index contributed by atoms with van der Waals surface area (Å²) in [5.74, 6) is 0.594. The van der Waals surface area contributed by atoms with Gasteiger partial charge in [-0.1, -0.05) is 17.7 Å². The summed E-state index contributed by atoms with van der Waals surface area (Å²) in [4.78, 5) is 4.60. The third-order valence-electron chi connectivity index (χ3n) is 5.24. The number of sulfonamides is 1. The molecule has 2 N–H and O–H groups in total. The van der Waals surface area contributed by atoms with Crippen molar-refractivity contribution < 1.29 is 21.6 Å². The Morgan fingerprint density at radius 2 is 1.73 bits per heavy atom. The first-order chi connectivity index (χ1) is 14.0. The van der Waals surface area contributed by atoms with E-state index in [-0.39, 0.29) is 32.0 Å². The number of alkyl halides is 3. The van der Waals surface area contributed by atoms with E-state index in [1.165, 1.54) is 22.3 Å². The van der Waals surface area contributed by atoms with Gasteiger partial charge in [-0.05, 0) is 63.6 Å². The van der Waals surface area contributed by atoms with Crippen LogP contribution in [0.15, 0.2) is 17.1 Å². The summed E-state index contributed by atoms with van der Waals surface area (Å²) in [5, 5.41) is 6.38. The van der Waals surface area contributed by atoms with Crippen molar-refractivity contribution in [2.24, 2.45) is 4.99 Å². The van der Waals surface area contributed by atoms with E-state index in [2.05, 4.69) is 48.5 Å². The smallest absolute Gasteiger partial charge is 0.357 e. The maximum atomic E-state index is 12.7. The number of aliphatic imine (C=N–C) groups is 1. The minimum atomic E-state index is -5.26. The predicted molar refractivity (Wildman–Crippen MR) is 113 cm³/mol. The van der Waals surface area contributed by atoms with Crippen LogP contribution in [0.5, 0.6) is 0 Å². The third kappa shape index (κ3) is 6.10. The van der Waals surface area contributed by atoms with Crippen LogP contribution in [-0.2, 0) is 16.4 Å². The standard InChI is InChI=1S/C20H31F3N4O2S/c1-5-24-19(25-9-6-18-15(3)12-14(2)13-16(18)4)26-17-7-10-27(11-8-17)30(28,29)20(21,22)23/h12-13,17H,5-11H2,1-4H3,(H2,24,25,26). The molecular weight excluding hydrogens is 417 g/mol. The Morgan fingerprint density at radius 1 is 1.17 bits per heavy atom. The molecule has 1 aliphatic heterocycles. The molecule has 6 nitrogen and oxygen atoms in total. The average molecular weight is 449 g/mol. The Kier molecular flexibility index (Phi) is 8.15. The molecule has 30 heavy (non-hydrogen) atoms. The maximum Gasteiger partial charge on any atom is 0.511 e. The summed E-state index contributed by atoms with van der Waals surface area (Å²) >= 11 is 0. The van der Waals surface area contributed by atoms with Gasteiger partial charge in [0.15, 0.2) is 5.96 Å².